The zero-order valence-electron chi connectivity index (χ0n) is 21.5. The molecule has 1 saturated heterocycles. The highest BCUT2D eigenvalue weighted by molar-refractivity contribution is 6.42. The molecule has 2 heterocycles. The molecule has 3 atom stereocenters. The van der Waals surface area contributed by atoms with Crippen LogP contribution < -0.4 is 14.8 Å². The van der Waals surface area contributed by atoms with Gasteiger partial charge in [0.05, 0.1) is 21.7 Å². The molecule has 2 fully saturated rings. The molecule has 1 saturated carbocycles. The minimum Gasteiger partial charge on any atom is -0.625 e. The van der Waals surface area contributed by atoms with Crippen LogP contribution in [0.3, 0.4) is 0 Å². The van der Waals surface area contributed by atoms with E-state index in [1.54, 1.807) is 36.4 Å². The number of benzene rings is 3. The maximum atomic E-state index is 12.9. The molecule has 2 amide bonds. The Bertz CT molecular complexity index is 1470. The fourth-order valence-electron chi connectivity index (χ4n) is 5.57. The van der Waals surface area contributed by atoms with Crippen LogP contribution in [-0.2, 0) is 4.79 Å². The number of nitrogens with zero attached hydrogens (tertiary/aromatic N) is 1. The van der Waals surface area contributed by atoms with Gasteiger partial charge in [0.2, 0.25) is 0 Å². The normalized spacial score (nSPS) is 22.6. The number of carbonyl (C=O) groups is 2. The van der Waals surface area contributed by atoms with Gasteiger partial charge >= 0.3 is 5.91 Å². The van der Waals surface area contributed by atoms with Gasteiger partial charge in [-0.3, -0.25) is 9.44 Å². The second-order valence-corrected chi connectivity index (χ2v) is 11.9. The van der Waals surface area contributed by atoms with Gasteiger partial charge in [-0.05, 0) is 73.2 Å². The number of amides is 2. The lowest BCUT2D eigenvalue weighted by Crippen LogP contribution is -2.34. The molecule has 3 unspecified atom stereocenters. The molecule has 0 bridgehead atoms. The molecular weight excluding hydrogens is 575 g/mol. The van der Waals surface area contributed by atoms with Gasteiger partial charge < -0.3 is 20.0 Å². The fraction of sp³-hybridized carbons (Fsp3) is 0.333. The minimum atomic E-state index is -0.779. The molecule has 3 aliphatic rings. The van der Waals surface area contributed by atoms with Crippen molar-refractivity contribution in [1.82, 2.24) is 5.32 Å². The number of nitrogens with one attached hydrogen (secondary N) is 1. The highest BCUT2D eigenvalue weighted by Crippen LogP contribution is 2.44. The highest BCUT2D eigenvalue weighted by Gasteiger charge is 2.47. The third-order valence-electron chi connectivity index (χ3n) is 7.96. The van der Waals surface area contributed by atoms with E-state index in [4.69, 9.17) is 44.3 Å². The van der Waals surface area contributed by atoms with Crippen LogP contribution in [0.4, 0.5) is 0 Å². The summed E-state index contributed by atoms with van der Waals surface area (Å²) in [5.74, 6) is 0.650. The predicted molar refractivity (Wildman–Crippen MR) is 153 cm³/mol. The fourth-order valence-corrected chi connectivity index (χ4v) is 6.09. The Balaban J connectivity index is 1.08. The topological polar surface area (TPSA) is 87.7 Å². The monoisotopic (exact) mass is 600 g/mol. The molecule has 208 valence electrons. The SMILES string of the molecule is O=C(NC1CCC(c2ccc(Cl)c(Cl)c2)C1)c1ccc(Oc2cc3c(cc2Cl)C(C(=O)[N+]2([O-])CC2)CCO3)cc1. The number of carbonyl (C=O) groups excluding carboxylic acids is 2. The summed E-state index contributed by atoms with van der Waals surface area (Å²) < 4.78 is 11.0. The Labute approximate surface area is 247 Å². The zero-order chi connectivity index (χ0) is 28.0. The summed E-state index contributed by atoms with van der Waals surface area (Å²) in [6.45, 7) is 0.992. The van der Waals surface area contributed by atoms with E-state index in [-0.39, 0.29) is 17.9 Å². The van der Waals surface area contributed by atoms with Crippen molar-refractivity contribution in [2.45, 2.75) is 43.6 Å². The molecule has 3 aromatic rings. The standard InChI is InChI=1S/C30H27Cl3N2O5/c31-24-8-4-19(14-25(24)32)18-1-5-20(13-18)34-29(36)17-2-6-21(7-3-17)40-28-16-27-23(15-26(28)33)22(9-12-39-27)30(37)35(38)10-11-35/h2-4,6-8,14-16,18,20,22H,1,5,9-13H2,(H,34,36). The summed E-state index contributed by atoms with van der Waals surface area (Å²) in [5, 5.41) is 16.9. The summed E-state index contributed by atoms with van der Waals surface area (Å²) in [7, 11) is 0. The summed E-state index contributed by atoms with van der Waals surface area (Å²) in [6, 6.07) is 15.9. The van der Waals surface area contributed by atoms with Crippen LogP contribution in [0.2, 0.25) is 15.1 Å². The number of hydrogen-bond acceptors (Lipinski definition) is 5. The second kappa shape index (κ2) is 10.9. The molecular formula is C30H27Cl3N2O5. The third kappa shape index (κ3) is 5.54. The number of ether oxygens (including phenoxy) is 2. The number of hydrogen-bond donors (Lipinski definition) is 1. The zero-order valence-corrected chi connectivity index (χ0v) is 23.8. The van der Waals surface area contributed by atoms with Crippen molar-refractivity contribution in [3.63, 3.8) is 0 Å². The van der Waals surface area contributed by atoms with E-state index in [0.29, 0.717) is 75.5 Å². The lowest BCUT2D eigenvalue weighted by Gasteiger charge is -2.29. The van der Waals surface area contributed by atoms with Gasteiger partial charge in [0.1, 0.15) is 36.3 Å². The lowest BCUT2D eigenvalue weighted by molar-refractivity contribution is -0.661. The molecule has 7 nitrogen and oxygen atoms in total. The van der Waals surface area contributed by atoms with E-state index in [2.05, 4.69) is 5.32 Å². The number of fused-ring (bicyclic) bond motifs is 1. The highest BCUT2D eigenvalue weighted by atomic mass is 35.5. The van der Waals surface area contributed by atoms with Crippen molar-refractivity contribution in [2.75, 3.05) is 19.7 Å². The van der Waals surface area contributed by atoms with E-state index in [9.17, 15) is 14.8 Å². The van der Waals surface area contributed by atoms with Gasteiger partial charge in [-0.15, -0.1) is 0 Å². The molecule has 2 aliphatic heterocycles. The smallest absolute Gasteiger partial charge is 0.321 e. The van der Waals surface area contributed by atoms with Gasteiger partial charge in [-0.2, -0.15) is 0 Å². The molecule has 0 radical (unpaired) electrons. The number of rotatable bonds is 6. The molecule has 1 aliphatic carbocycles. The lowest BCUT2D eigenvalue weighted by atomic mass is 9.92. The van der Waals surface area contributed by atoms with Crippen LogP contribution in [0.1, 0.15) is 59.0 Å². The molecule has 6 rings (SSSR count). The van der Waals surface area contributed by atoms with Crippen molar-refractivity contribution in [2.24, 2.45) is 0 Å². The first-order valence-corrected chi connectivity index (χ1v) is 14.5. The van der Waals surface area contributed by atoms with Crippen molar-refractivity contribution in [1.29, 1.82) is 0 Å². The predicted octanol–water partition coefficient (Wildman–Crippen LogP) is 7.23. The van der Waals surface area contributed by atoms with Crippen molar-refractivity contribution >= 4 is 46.6 Å². The first kappa shape index (κ1) is 27.4. The van der Waals surface area contributed by atoms with Crippen molar-refractivity contribution in [3.05, 3.63) is 91.6 Å². The van der Waals surface area contributed by atoms with Crippen LogP contribution in [-0.4, -0.2) is 42.2 Å². The van der Waals surface area contributed by atoms with E-state index < -0.39 is 10.6 Å². The van der Waals surface area contributed by atoms with Crippen LogP contribution in [0.25, 0.3) is 0 Å². The van der Waals surface area contributed by atoms with Gasteiger partial charge in [-0.1, -0.05) is 40.9 Å². The van der Waals surface area contributed by atoms with E-state index in [1.165, 1.54) is 0 Å². The van der Waals surface area contributed by atoms with E-state index in [1.807, 2.05) is 18.2 Å². The van der Waals surface area contributed by atoms with Crippen LogP contribution in [0.15, 0.2) is 54.6 Å². The second-order valence-electron chi connectivity index (χ2n) is 10.7. The third-order valence-corrected chi connectivity index (χ3v) is 8.99. The van der Waals surface area contributed by atoms with Crippen LogP contribution in [0, 0.1) is 5.21 Å². The Morgan fingerprint density at radius 3 is 2.42 bits per heavy atom. The molecule has 3 aromatic carbocycles. The van der Waals surface area contributed by atoms with E-state index >= 15 is 0 Å². The van der Waals surface area contributed by atoms with Crippen molar-refractivity contribution < 1.29 is 23.7 Å². The molecule has 40 heavy (non-hydrogen) atoms. The Kier molecular flexibility index (Phi) is 7.44. The van der Waals surface area contributed by atoms with Crippen LogP contribution >= 0.6 is 34.8 Å². The van der Waals surface area contributed by atoms with E-state index in [0.717, 1.165) is 24.8 Å². The maximum absolute atomic E-state index is 12.9. The number of hydroxylamine groups is 3. The quantitative estimate of drug-likeness (QED) is 0.183. The molecule has 0 spiro atoms. The minimum absolute atomic E-state index is 0.0723. The Morgan fingerprint density at radius 2 is 1.70 bits per heavy atom. The van der Waals surface area contributed by atoms with Crippen LogP contribution in [0.5, 0.6) is 17.2 Å². The Hall–Kier alpha value is -2.81. The van der Waals surface area contributed by atoms with Crippen molar-refractivity contribution in [3.8, 4) is 17.2 Å². The van der Waals surface area contributed by atoms with Gasteiger partial charge in [-0.25, -0.2) is 4.79 Å². The van der Waals surface area contributed by atoms with Gasteiger partial charge in [0.15, 0.2) is 0 Å². The first-order chi connectivity index (χ1) is 19.2. The molecule has 0 aromatic heterocycles. The maximum Gasteiger partial charge on any atom is 0.321 e. The Morgan fingerprint density at radius 1 is 0.925 bits per heavy atom. The van der Waals surface area contributed by atoms with Gasteiger partial charge in [0.25, 0.3) is 5.91 Å². The summed E-state index contributed by atoms with van der Waals surface area (Å²) in [4.78, 5) is 25.6. The average Bonchev–Trinajstić information content (AvgIpc) is 3.53. The van der Waals surface area contributed by atoms with Gasteiger partial charge in [0, 0.05) is 29.7 Å². The molecule has 10 heteroatoms. The number of quaternary nitrogens is 1. The number of halogens is 3. The summed E-state index contributed by atoms with van der Waals surface area (Å²) >= 11 is 18.7. The summed E-state index contributed by atoms with van der Waals surface area (Å²) in [5.41, 5.74) is 2.28. The average molecular weight is 602 g/mol. The first-order valence-electron chi connectivity index (χ1n) is 13.3. The summed E-state index contributed by atoms with van der Waals surface area (Å²) in [6.07, 6.45) is 3.14. The molecule has 1 N–H and O–H groups in total. The largest absolute Gasteiger partial charge is 0.625 e.